The number of rotatable bonds is 4. The van der Waals surface area contributed by atoms with Crippen LogP contribution in [-0.2, 0) is 0 Å². The molecule has 9 nitrogen and oxygen atoms in total. The van der Waals surface area contributed by atoms with Gasteiger partial charge in [0.15, 0.2) is 34.0 Å². The van der Waals surface area contributed by atoms with Crippen LogP contribution in [0.5, 0.6) is 0 Å². The summed E-state index contributed by atoms with van der Waals surface area (Å²) in [5.41, 5.74) is 3.73. The highest BCUT2D eigenvalue weighted by Gasteiger charge is 2.30. The summed E-state index contributed by atoms with van der Waals surface area (Å²) in [5, 5.41) is 1.13. The van der Waals surface area contributed by atoms with Gasteiger partial charge >= 0.3 is 0 Å². The highest BCUT2D eigenvalue weighted by atomic mass is 79.9. The molecular weight excluding hydrogens is 674 g/mol. The van der Waals surface area contributed by atoms with E-state index in [4.69, 9.17) is 8.83 Å². The number of hydrogen-bond donors (Lipinski definition) is 0. The van der Waals surface area contributed by atoms with Gasteiger partial charge in [0.1, 0.15) is 17.9 Å². The van der Waals surface area contributed by atoms with Crippen molar-refractivity contribution in [3.05, 3.63) is 103 Å². The fourth-order valence-electron chi connectivity index (χ4n) is 6.17. The average molecular weight is 700 g/mol. The van der Waals surface area contributed by atoms with Crippen LogP contribution < -0.4 is 11.1 Å². The zero-order valence-corrected chi connectivity index (χ0v) is 26.7. The van der Waals surface area contributed by atoms with Crippen LogP contribution in [0.3, 0.4) is 0 Å². The summed E-state index contributed by atoms with van der Waals surface area (Å²) in [6.45, 7) is 3.36. The lowest BCUT2D eigenvalue weighted by Gasteiger charge is -2.12. The second kappa shape index (κ2) is 10.8. The summed E-state index contributed by atoms with van der Waals surface area (Å²) >= 11 is 3.18. The van der Waals surface area contributed by atoms with Gasteiger partial charge in [-0.25, -0.2) is 18.7 Å². The normalized spacial score (nSPS) is 14.7. The Bertz CT molecular complexity index is 2560. The minimum atomic E-state index is -0.419. The fourth-order valence-corrected chi connectivity index (χ4v) is 6.50. The Kier molecular flexibility index (Phi) is 6.76. The number of benzene rings is 3. The van der Waals surface area contributed by atoms with Gasteiger partial charge in [-0.3, -0.25) is 14.4 Å². The number of hydrogen-bond acceptors (Lipinski definition) is 7. The zero-order chi connectivity index (χ0) is 32.7. The van der Waals surface area contributed by atoms with E-state index >= 15 is 0 Å². The van der Waals surface area contributed by atoms with Gasteiger partial charge < -0.3 is 18.0 Å². The van der Waals surface area contributed by atoms with Crippen molar-refractivity contribution in [3.63, 3.8) is 0 Å². The van der Waals surface area contributed by atoms with Crippen molar-refractivity contribution in [1.29, 1.82) is 0 Å². The van der Waals surface area contributed by atoms with Crippen LogP contribution in [0.4, 0.5) is 8.78 Å². The molecule has 3 aromatic carbocycles. The molecule has 0 radical (unpaired) electrons. The highest BCUT2D eigenvalue weighted by Crippen LogP contribution is 2.40. The predicted molar refractivity (Wildman–Crippen MR) is 176 cm³/mol. The maximum absolute atomic E-state index is 15.0. The molecule has 0 N–H and O–H groups in total. The zero-order valence-electron chi connectivity index (χ0n) is 25.1. The minimum Gasteiger partial charge on any atom is -0.440 e. The van der Waals surface area contributed by atoms with E-state index in [1.807, 2.05) is 0 Å². The van der Waals surface area contributed by atoms with Crippen molar-refractivity contribution >= 4 is 66.2 Å². The molecule has 47 heavy (non-hydrogen) atoms. The Morgan fingerprint density at radius 1 is 0.766 bits per heavy atom. The molecule has 0 spiro atoms. The summed E-state index contributed by atoms with van der Waals surface area (Å²) in [6.07, 6.45) is 4.50. The monoisotopic (exact) mass is 698 g/mol. The molecule has 0 amide bonds. The molecule has 2 aliphatic rings. The molecule has 7 aromatic rings. The Morgan fingerprint density at radius 3 is 1.74 bits per heavy atom. The second-order valence-corrected chi connectivity index (χ2v) is 12.9. The van der Waals surface area contributed by atoms with Crippen molar-refractivity contribution < 1.29 is 22.4 Å². The lowest BCUT2D eigenvalue weighted by molar-refractivity contribution is 0.112. The Labute approximate surface area is 272 Å². The van der Waals surface area contributed by atoms with Gasteiger partial charge in [-0.05, 0) is 71.4 Å². The number of pyridine rings is 2. The molecule has 4 heterocycles. The van der Waals surface area contributed by atoms with Crippen LogP contribution in [0, 0.1) is 25.5 Å². The first-order valence-electron chi connectivity index (χ1n) is 15.1. The van der Waals surface area contributed by atoms with Gasteiger partial charge in [0, 0.05) is 47.8 Å². The molecule has 9 rings (SSSR count). The second-order valence-electron chi connectivity index (χ2n) is 12.0. The van der Waals surface area contributed by atoms with Crippen LogP contribution in [0.15, 0.2) is 71.4 Å². The van der Waals surface area contributed by atoms with Crippen LogP contribution in [0.2, 0.25) is 0 Å². The quantitative estimate of drug-likeness (QED) is 0.171. The molecule has 12 heteroatoms. The Morgan fingerprint density at radius 2 is 1.26 bits per heavy atom. The van der Waals surface area contributed by atoms with E-state index in [1.54, 1.807) is 59.4 Å². The van der Waals surface area contributed by atoms with E-state index in [-0.39, 0.29) is 40.1 Å². The average Bonchev–Trinajstić information content (AvgIpc) is 3.99. The molecule has 236 valence electrons. The van der Waals surface area contributed by atoms with Gasteiger partial charge in [-0.15, -0.1) is 0 Å². The highest BCUT2D eigenvalue weighted by molar-refractivity contribution is 9.10. The number of fused-ring (bicyclic) bond motifs is 6. The molecule has 2 saturated carbocycles. The van der Waals surface area contributed by atoms with Gasteiger partial charge in [-0.2, -0.15) is 0 Å². The summed E-state index contributed by atoms with van der Waals surface area (Å²) in [6, 6.07) is 13.1. The Hall–Kier alpha value is -4.97. The maximum Gasteiger partial charge on any atom is 0.281 e. The van der Waals surface area contributed by atoms with E-state index < -0.39 is 5.82 Å². The number of oxazole rings is 2. The third-order valence-electron chi connectivity index (χ3n) is 8.63. The predicted octanol–water partition coefficient (Wildman–Crippen LogP) is 8.09. The molecule has 0 aliphatic heterocycles. The van der Waals surface area contributed by atoms with Crippen LogP contribution in [-0.4, -0.2) is 25.4 Å². The number of carbonyl (C=O) groups is 1. The Balaban J connectivity index is 0.000000144. The molecular formula is C35H25BrF2N4O5. The molecule has 2 fully saturated rings. The fraction of sp³-hybridized carbons (Fsp3) is 0.229. The summed E-state index contributed by atoms with van der Waals surface area (Å²) in [5.74, 6) is -0.00675. The van der Waals surface area contributed by atoms with E-state index in [9.17, 15) is 23.2 Å². The first-order chi connectivity index (χ1) is 22.6. The number of aromatic nitrogens is 4. The van der Waals surface area contributed by atoms with Crippen molar-refractivity contribution in [2.75, 3.05) is 0 Å². The topological polar surface area (TPSA) is 113 Å². The van der Waals surface area contributed by atoms with Crippen LogP contribution >= 0.6 is 15.9 Å². The minimum absolute atomic E-state index is 0.108. The largest absolute Gasteiger partial charge is 0.440 e. The van der Waals surface area contributed by atoms with Crippen molar-refractivity contribution in [1.82, 2.24) is 19.1 Å². The lowest BCUT2D eigenvalue weighted by Crippen LogP contribution is -2.20. The van der Waals surface area contributed by atoms with Gasteiger partial charge in [0.25, 0.3) is 11.1 Å². The van der Waals surface area contributed by atoms with E-state index in [0.717, 1.165) is 32.0 Å². The molecule has 0 bridgehead atoms. The first kappa shape index (κ1) is 29.4. The number of nitrogens with zero attached hydrogens (tertiary/aromatic N) is 4. The molecule has 0 atom stereocenters. The van der Waals surface area contributed by atoms with Gasteiger partial charge in [0.2, 0.25) is 0 Å². The molecule has 2 aliphatic carbocycles. The van der Waals surface area contributed by atoms with E-state index in [2.05, 4.69) is 25.9 Å². The summed E-state index contributed by atoms with van der Waals surface area (Å²) < 4.78 is 43.7. The number of carbonyl (C=O) groups excluding carboxylic acids is 1. The third-order valence-corrected chi connectivity index (χ3v) is 9.23. The lowest BCUT2D eigenvalue weighted by atomic mass is 10.0. The van der Waals surface area contributed by atoms with E-state index in [1.165, 1.54) is 12.1 Å². The summed E-state index contributed by atoms with van der Waals surface area (Å²) in [4.78, 5) is 44.7. The van der Waals surface area contributed by atoms with Gasteiger partial charge in [0.05, 0.1) is 15.5 Å². The van der Waals surface area contributed by atoms with E-state index in [0.29, 0.717) is 65.9 Å². The van der Waals surface area contributed by atoms with Crippen molar-refractivity contribution in [3.8, 4) is 11.1 Å². The summed E-state index contributed by atoms with van der Waals surface area (Å²) in [7, 11) is 0. The number of aryl methyl sites for hydroxylation is 2. The van der Waals surface area contributed by atoms with Crippen molar-refractivity contribution in [2.24, 2.45) is 0 Å². The van der Waals surface area contributed by atoms with Crippen LogP contribution in [0.25, 0.3) is 55.1 Å². The molecule has 4 aromatic heterocycles. The maximum atomic E-state index is 15.0. The SMILES string of the molecule is Cc1nc2c(=O)n(C3CC3)c3cc(-c4ccc(C=O)cc4)c(F)cc3c2o1.Cc1nc2c(=O)n(C3CC3)c3cc(Br)c(F)cc3c2o1. The first-order valence-corrected chi connectivity index (χ1v) is 15.9. The smallest absolute Gasteiger partial charge is 0.281 e. The standard InChI is InChI=1S/C21H15FN2O3.C14H10BrFN2O2/c1-11-23-19-20(27-11)16-8-17(22)15(13-4-2-12(10-25)3-5-13)9-18(16)24(21(19)26)14-6-7-14;1-6-17-12-13(20-6)8-4-10(16)9(15)5-11(8)18(14(12)19)7-2-3-7/h2-5,8-10,14H,6-7H2,1H3;4-5,7H,2-3H2,1H3. The number of aldehydes is 1. The molecule has 0 unspecified atom stereocenters. The third kappa shape index (κ3) is 4.89. The molecule has 0 saturated heterocycles. The van der Waals surface area contributed by atoms with Crippen molar-refractivity contribution in [2.45, 2.75) is 51.6 Å². The van der Waals surface area contributed by atoms with Gasteiger partial charge in [-0.1, -0.05) is 24.3 Å². The number of halogens is 3. The van der Waals surface area contributed by atoms with Crippen LogP contribution in [0.1, 0.15) is 59.9 Å².